The standard InChI is InChI=1S/C15H22O3/c1-8-7-18-13-5-10-4-12(16)14(17)9(2)15(10,3)6-11(8)13/h7,9-10,12,14,16-17H,4-6H2,1-3H3/t9-,10-,12+,14-,15+/m0/s1. The van der Waals surface area contributed by atoms with Gasteiger partial charge in [0.15, 0.2) is 0 Å². The van der Waals surface area contributed by atoms with E-state index in [4.69, 9.17) is 4.42 Å². The van der Waals surface area contributed by atoms with Crippen LogP contribution in [0.25, 0.3) is 0 Å². The van der Waals surface area contributed by atoms with Crippen molar-refractivity contribution in [3.63, 3.8) is 0 Å². The van der Waals surface area contributed by atoms with Crippen molar-refractivity contribution in [1.82, 2.24) is 0 Å². The SMILES string of the molecule is Cc1coc2c1C[C@@]1(C)[C@H](C2)C[C@@H](O)[C@@H](O)[C@@H]1C. The molecule has 3 heteroatoms. The zero-order valence-electron chi connectivity index (χ0n) is 11.3. The van der Waals surface area contributed by atoms with Gasteiger partial charge in [0.25, 0.3) is 0 Å². The van der Waals surface area contributed by atoms with Crippen LogP contribution in [0.15, 0.2) is 10.7 Å². The molecule has 0 saturated heterocycles. The second-order valence-corrected chi connectivity index (χ2v) is 6.49. The molecule has 0 bridgehead atoms. The van der Waals surface area contributed by atoms with Crippen LogP contribution < -0.4 is 0 Å². The number of aliphatic hydroxyl groups excluding tert-OH is 2. The normalized spacial score (nSPS) is 43.4. The number of furan rings is 1. The maximum absolute atomic E-state index is 10.1. The maximum Gasteiger partial charge on any atom is 0.107 e. The van der Waals surface area contributed by atoms with Crippen LogP contribution in [-0.2, 0) is 12.8 Å². The summed E-state index contributed by atoms with van der Waals surface area (Å²) in [5.41, 5.74) is 2.61. The molecule has 0 spiro atoms. The lowest BCUT2D eigenvalue weighted by Gasteiger charge is -2.52. The molecule has 100 valence electrons. The Bertz CT molecular complexity index is 464. The van der Waals surface area contributed by atoms with E-state index >= 15 is 0 Å². The highest BCUT2D eigenvalue weighted by Crippen LogP contribution is 2.52. The summed E-state index contributed by atoms with van der Waals surface area (Å²) in [5, 5.41) is 20.1. The van der Waals surface area contributed by atoms with Crippen LogP contribution >= 0.6 is 0 Å². The molecule has 2 aliphatic rings. The monoisotopic (exact) mass is 250 g/mol. The van der Waals surface area contributed by atoms with Gasteiger partial charge < -0.3 is 14.6 Å². The van der Waals surface area contributed by atoms with Gasteiger partial charge in [-0.25, -0.2) is 0 Å². The van der Waals surface area contributed by atoms with E-state index in [1.807, 2.05) is 6.26 Å². The van der Waals surface area contributed by atoms with Crippen molar-refractivity contribution in [3.05, 3.63) is 23.2 Å². The number of hydrogen-bond acceptors (Lipinski definition) is 3. The van der Waals surface area contributed by atoms with Crippen molar-refractivity contribution in [3.8, 4) is 0 Å². The molecule has 3 rings (SSSR count). The molecular weight excluding hydrogens is 228 g/mol. The molecule has 0 aromatic carbocycles. The fraction of sp³-hybridized carbons (Fsp3) is 0.733. The van der Waals surface area contributed by atoms with E-state index < -0.39 is 12.2 Å². The highest BCUT2D eigenvalue weighted by atomic mass is 16.3. The Labute approximate surface area is 108 Å². The van der Waals surface area contributed by atoms with E-state index in [0.29, 0.717) is 12.3 Å². The smallest absolute Gasteiger partial charge is 0.107 e. The lowest BCUT2D eigenvalue weighted by Crippen LogP contribution is -2.54. The molecule has 1 heterocycles. The molecule has 0 aliphatic heterocycles. The predicted octanol–water partition coefficient (Wildman–Crippen LogP) is 2.07. The van der Waals surface area contributed by atoms with Gasteiger partial charge in [-0.3, -0.25) is 0 Å². The number of rotatable bonds is 0. The van der Waals surface area contributed by atoms with Gasteiger partial charge in [0, 0.05) is 6.42 Å². The largest absolute Gasteiger partial charge is 0.469 e. The van der Waals surface area contributed by atoms with Crippen LogP contribution in [0.4, 0.5) is 0 Å². The average Bonchev–Trinajstić information content (AvgIpc) is 2.67. The molecule has 1 aromatic rings. The Morgan fingerprint density at radius 2 is 2.11 bits per heavy atom. The molecule has 0 radical (unpaired) electrons. The molecule has 3 nitrogen and oxygen atoms in total. The third-order valence-corrected chi connectivity index (χ3v) is 5.59. The molecule has 5 atom stereocenters. The van der Waals surface area contributed by atoms with Crippen molar-refractivity contribution >= 4 is 0 Å². The van der Waals surface area contributed by atoms with E-state index in [2.05, 4.69) is 20.8 Å². The number of aliphatic hydroxyl groups is 2. The van der Waals surface area contributed by atoms with Gasteiger partial charge in [0.1, 0.15) is 5.76 Å². The summed E-state index contributed by atoms with van der Waals surface area (Å²) < 4.78 is 5.63. The minimum atomic E-state index is -0.597. The lowest BCUT2D eigenvalue weighted by molar-refractivity contribution is -0.125. The quantitative estimate of drug-likeness (QED) is 0.741. The maximum atomic E-state index is 10.1. The third-order valence-electron chi connectivity index (χ3n) is 5.59. The second-order valence-electron chi connectivity index (χ2n) is 6.49. The van der Waals surface area contributed by atoms with Gasteiger partial charge in [0.2, 0.25) is 0 Å². The van der Waals surface area contributed by atoms with Gasteiger partial charge in [-0.05, 0) is 48.1 Å². The molecule has 2 aliphatic carbocycles. The highest BCUT2D eigenvalue weighted by molar-refractivity contribution is 5.32. The summed E-state index contributed by atoms with van der Waals surface area (Å²) in [4.78, 5) is 0. The van der Waals surface area contributed by atoms with E-state index in [-0.39, 0.29) is 11.3 Å². The predicted molar refractivity (Wildman–Crippen MR) is 68.2 cm³/mol. The van der Waals surface area contributed by atoms with Crippen LogP contribution in [-0.4, -0.2) is 22.4 Å². The fourth-order valence-corrected chi connectivity index (χ4v) is 3.95. The van der Waals surface area contributed by atoms with Gasteiger partial charge in [-0.15, -0.1) is 0 Å². The van der Waals surface area contributed by atoms with Crippen LogP contribution in [0.1, 0.15) is 37.2 Å². The molecular formula is C15H22O3. The van der Waals surface area contributed by atoms with Gasteiger partial charge in [-0.1, -0.05) is 13.8 Å². The third kappa shape index (κ3) is 1.50. The Morgan fingerprint density at radius 3 is 2.83 bits per heavy atom. The zero-order valence-corrected chi connectivity index (χ0v) is 11.3. The summed E-state index contributed by atoms with van der Waals surface area (Å²) in [6.45, 7) is 6.41. The van der Waals surface area contributed by atoms with Gasteiger partial charge >= 0.3 is 0 Å². The summed E-state index contributed by atoms with van der Waals surface area (Å²) in [6.07, 6.45) is 3.19. The Kier molecular flexibility index (Phi) is 2.62. The van der Waals surface area contributed by atoms with Crippen LogP contribution in [0.2, 0.25) is 0 Å². The molecule has 0 unspecified atom stereocenters. The average molecular weight is 250 g/mol. The topological polar surface area (TPSA) is 53.6 Å². The first-order valence-corrected chi connectivity index (χ1v) is 6.85. The molecule has 18 heavy (non-hydrogen) atoms. The lowest BCUT2D eigenvalue weighted by atomic mass is 9.54. The van der Waals surface area contributed by atoms with Gasteiger partial charge in [-0.2, -0.15) is 0 Å². The first-order valence-electron chi connectivity index (χ1n) is 6.85. The molecule has 2 N–H and O–H groups in total. The molecule has 1 saturated carbocycles. The van der Waals surface area contributed by atoms with E-state index in [1.54, 1.807) is 0 Å². The first kappa shape index (κ1) is 12.2. The van der Waals surface area contributed by atoms with E-state index in [9.17, 15) is 10.2 Å². The number of aryl methyl sites for hydroxylation is 1. The van der Waals surface area contributed by atoms with Crippen molar-refractivity contribution in [2.45, 2.75) is 52.2 Å². The molecule has 1 fully saturated rings. The Balaban J connectivity index is 2.01. The van der Waals surface area contributed by atoms with Crippen LogP contribution in [0.3, 0.4) is 0 Å². The first-order chi connectivity index (χ1) is 8.43. The Hall–Kier alpha value is -0.800. The second kappa shape index (κ2) is 3.84. The Morgan fingerprint density at radius 1 is 1.39 bits per heavy atom. The summed E-state index contributed by atoms with van der Waals surface area (Å²) in [6, 6.07) is 0. The summed E-state index contributed by atoms with van der Waals surface area (Å²) >= 11 is 0. The van der Waals surface area contributed by atoms with Crippen molar-refractivity contribution in [1.29, 1.82) is 0 Å². The van der Waals surface area contributed by atoms with Crippen molar-refractivity contribution < 1.29 is 14.6 Å². The number of fused-ring (bicyclic) bond motifs is 2. The van der Waals surface area contributed by atoms with E-state index in [0.717, 1.165) is 18.6 Å². The minimum Gasteiger partial charge on any atom is -0.469 e. The zero-order chi connectivity index (χ0) is 13.1. The molecule has 0 amide bonds. The van der Waals surface area contributed by atoms with Crippen LogP contribution in [0.5, 0.6) is 0 Å². The minimum absolute atomic E-state index is 0.0697. The molecule has 1 aromatic heterocycles. The van der Waals surface area contributed by atoms with Crippen molar-refractivity contribution in [2.24, 2.45) is 17.3 Å². The van der Waals surface area contributed by atoms with Crippen molar-refractivity contribution in [2.75, 3.05) is 0 Å². The van der Waals surface area contributed by atoms with E-state index in [1.165, 1.54) is 11.1 Å². The van der Waals surface area contributed by atoms with Gasteiger partial charge in [0.05, 0.1) is 18.5 Å². The fourth-order valence-electron chi connectivity index (χ4n) is 3.95. The van der Waals surface area contributed by atoms with Crippen LogP contribution in [0, 0.1) is 24.2 Å². The summed E-state index contributed by atoms with van der Waals surface area (Å²) in [7, 11) is 0. The number of hydrogen-bond donors (Lipinski definition) is 2. The summed E-state index contributed by atoms with van der Waals surface area (Å²) in [5.74, 6) is 1.61. The highest BCUT2D eigenvalue weighted by Gasteiger charge is 2.52.